The van der Waals surface area contributed by atoms with Crippen molar-refractivity contribution in [3.8, 4) is 6.07 Å². The molecule has 0 heterocycles. The number of nitrogens with zero attached hydrogens (tertiary/aromatic N) is 1. The highest BCUT2D eigenvalue weighted by Crippen LogP contribution is 2.12. The Kier molecular flexibility index (Phi) is 2.60. The van der Waals surface area contributed by atoms with Crippen LogP contribution in [0.2, 0.25) is 0 Å². The van der Waals surface area contributed by atoms with E-state index in [4.69, 9.17) is 5.26 Å². The van der Waals surface area contributed by atoms with Gasteiger partial charge in [0.05, 0.1) is 6.07 Å². The number of aryl methyl sites for hydroxylation is 1. The van der Waals surface area contributed by atoms with Crippen LogP contribution in [0.4, 0.5) is 0 Å². The Morgan fingerprint density at radius 1 is 1.42 bits per heavy atom. The Hall–Kier alpha value is -1.62. The second kappa shape index (κ2) is 3.68. The van der Waals surface area contributed by atoms with Gasteiger partial charge in [-0.2, -0.15) is 5.26 Å². The Bertz CT molecular complexity index is 308. The SMILES string of the molecule is Cc1ccc(C(C#N)C=O)cc1. The third kappa shape index (κ3) is 1.70. The van der Waals surface area contributed by atoms with Crippen LogP contribution in [0.3, 0.4) is 0 Å². The van der Waals surface area contributed by atoms with E-state index in [1.807, 2.05) is 25.1 Å². The molecule has 0 amide bonds. The number of hydrogen-bond acceptors (Lipinski definition) is 2. The molecule has 1 atom stereocenters. The summed E-state index contributed by atoms with van der Waals surface area (Å²) in [5, 5.41) is 8.57. The van der Waals surface area contributed by atoms with Gasteiger partial charge in [-0.25, -0.2) is 0 Å². The van der Waals surface area contributed by atoms with Gasteiger partial charge in [-0.15, -0.1) is 0 Å². The van der Waals surface area contributed by atoms with Crippen molar-refractivity contribution in [3.05, 3.63) is 35.4 Å². The molecule has 2 nitrogen and oxygen atoms in total. The van der Waals surface area contributed by atoms with E-state index in [1.54, 1.807) is 12.1 Å². The smallest absolute Gasteiger partial charge is 0.141 e. The summed E-state index contributed by atoms with van der Waals surface area (Å²) in [6.07, 6.45) is 0.657. The van der Waals surface area contributed by atoms with Crippen molar-refractivity contribution in [3.63, 3.8) is 0 Å². The molecular formula is C10H9NO. The monoisotopic (exact) mass is 159 g/mol. The molecule has 0 fully saturated rings. The summed E-state index contributed by atoms with van der Waals surface area (Å²) < 4.78 is 0. The van der Waals surface area contributed by atoms with Gasteiger partial charge in [0.2, 0.25) is 0 Å². The van der Waals surface area contributed by atoms with Crippen LogP contribution < -0.4 is 0 Å². The summed E-state index contributed by atoms with van der Waals surface area (Å²) in [5.41, 5.74) is 1.89. The molecule has 0 aromatic heterocycles. The predicted molar refractivity (Wildman–Crippen MR) is 45.6 cm³/mol. The van der Waals surface area contributed by atoms with Crippen LogP contribution >= 0.6 is 0 Å². The topological polar surface area (TPSA) is 40.9 Å². The van der Waals surface area contributed by atoms with E-state index in [1.165, 1.54) is 0 Å². The van der Waals surface area contributed by atoms with Crippen LogP contribution in [0.1, 0.15) is 17.0 Å². The summed E-state index contributed by atoms with van der Waals surface area (Å²) >= 11 is 0. The summed E-state index contributed by atoms with van der Waals surface area (Å²) in [5.74, 6) is -0.620. The number of rotatable bonds is 2. The molecule has 1 unspecified atom stereocenters. The first-order valence-corrected chi connectivity index (χ1v) is 3.69. The standard InChI is InChI=1S/C10H9NO/c1-8-2-4-9(5-3-8)10(6-11)7-12/h2-5,7,10H,1H3. The number of benzene rings is 1. The molecule has 0 saturated heterocycles. The summed E-state index contributed by atoms with van der Waals surface area (Å²) in [6, 6.07) is 9.31. The van der Waals surface area contributed by atoms with Crippen molar-refractivity contribution in [2.45, 2.75) is 12.8 Å². The molecule has 60 valence electrons. The Morgan fingerprint density at radius 3 is 2.42 bits per heavy atom. The molecule has 0 N–H and O–H groups in total. The molecule has 0 aliphatic heterocycles. The molecule has 2 heteroatoms. The van der Waals surface area contributed by atoms with Gasteiger partial charge in [0, 0.05) is 0 Å². The summed E-state index contributed by atoms with van der Waals surface area (Å²) in [7, 11) is 0. The maximum atomic E-state index is 10.4. The van der Waals surface area contributed by atoms with E-state index in [9.17, 15) is 4.79 Å². The fourth-order valence-electron chi connectivity index (χ4n) is 0.957. The minimum absolute atomic E-state index is 0.620. The van der Waals surface area contributed by atoms with Crippen molar-refractivity contribution in [2.24, 2.45) is 0 Å². The van der Waals surface area contributed by atoms with Crippen molar-refractivity contribution >= 4 is 6.29 Å². The fraction of sp³-hybridized carbons (Fsp3) is 0.200. The second-order valence-corrected chi connectivity index (χ2v) is 2.65. The third-order valence-electron chi connectivity index (χ3n) is 1.71. The second-order valence-electron chi connectivity index (χ2n) is 2.65. The van der Waals surface area contributed by atoms with Crippen molar-refractivity contribution in [1.29, 1.82) is 5.26 Å². The third-order valence-corrected chi connectivity index (χ3v) is 1.71. The maximum Gasteiger partial charge on any atom is 0.141 e. The molecule has 1 aromatic carbocycles. The van der Waals surface area contributed by atoms with Gasteiger partial charge in [-0.3, -0.25) is 0 Å². The van der Waals surface area contributed by atoms with Gasteiger partial charge in [0.25, 0.3) is 0 Å². The van der Waals surface area contributed by atoms with Gasteiger partial charge in [0.15, 0.2) is 0 Å². The van der Waals surface area contributed by atoms with Crippen molar-refractivity contribution < 1.29 is 4.79 Å². The minimum atomic E-state index is -0.620. The van der Waals surface area contributed by atoms with Crippen LogP contribution in [-0.4, -0.2) is 6.29 Å². The maximum absolute atomic E-state index is 10.4. The zero-order valence-corrected chi connectivity index (χ0v) is 6.82. The molecule has 0 spiro atoms. The predicted octanol–water partition coefficient (Wildman–Crippen LogP) is 1.80. The Labute approximate surface area is 71.4 Å². The van der Waals surface area contributed by atoms with Crippen LogP contribution in [0.15, 0.2) is 24.3 Å². The Balaban J connectivity index is 2.97. The Morgan fingerprint density at radius 2 is 2.00 bits per heavy atom. The van der Waals surface area contributed by atoms with Gasteiger partial charge in [-0.05, 0) is 12.5 Å². The van der Waals surface area contributed by atoms with Gasteiger partial charge < -0.3 is 4.79 Å². The highest BCUT2D eigenvalue weighted by Gasteiger charge is 2.06. The molecule has 1 rings (SSSR count). The molecule has 12 heavy (non-hydrogen) atoms. The van der Waals surface area contributed by atoms with Crippen LogP contribution in [0, 0.1) is 18.3 Å². The largest absolute Gasteiger partial charge is 0.302 e. The first-order chi connectivity index (χ1) is 5.77. The van der Waals surface area contributed by atoms with Crippen LogP contribution in [0.5, 0.6) is 0 Å². The number of aldehydes is 1. The van der Waals surface area contributed by atoms with Crippen LogP contribution in [0.25, 0.3) is 0 Å². The van der Waals surface area contributed by atoms with E-state index in [-0.39, 0.29) is 0 Å². The lowest BCUT2D eigenvalue weighted by Crippen LogP contribution is -1.95. The average molecular weight is 159 g/mol. The lowest BCUT2D eigenvalue weighted by atomic mass is 10.0. The van der Waals surface area contributed by atoms with Gasteiger partial charge >= 0.3 is 0 Å². The number of carbonyl (C=O) groups excluding carboxylic acids is 1. The lowest BCUT2D eigenvalue weighted by Gasteiger charge is -2.00. The molecule has 0 aliphatic carbocycles. The summed E-state index contributed by atoms with van der Waals surface area (Å²) in [6.45, 7) is 1.96. The normalized spacial score (nSPS) is 11.7. The zero-order valence-electron chi connectivity index (χ0n) is 6.82. The number of carbonyl (C=O) groups is 1. The highest BCUT2D eigenvalue weighted by molar-refractivity contribution is 5.66. The molecule has 0 aliphatic rings. The highest BCUT2D eigenvalue weighted by atomic mass is 16.1. The molecule has 0 radical (unpaired) electrons. The number of nitriles is 1. The lowest BCUT2D eigenvalue weighted by molar-refractivity contribution is -0.108. The van der Waals surface area contributed by atoms with E-state index in [2.05, 4.69) is 0 Å². The molecule has 0 bridgehead atoms. The first-order valence-electron chi connectivity index (χ1n) is 3.69. The average Bonchev–Trinajstić information content (AvgIpc) is 2.10. The molecule has 0 saturated carbocycles. The van der Waals surface area contributed by atoms with Gasteiger partial charge in [0.1, 0.15) is 12.2 Å². The first kappa shape index (κ1) is 8.48. The van der Waals surface area contributed by atoms with Crippen LogP contribution in [-0.2, 0) is 4.79 Å². The fourth-order valence-corrected chi connectivity index (χ4v) is 0.957. The van der Waals surface area contributed by atoms with E-state index >= 15 is 0 Å². The molecular weight excluding hydrogens is 150 g/mol. The molecule has 1 aromatic rings. The van der Waals surface area contributed by atoms with Crippen molar-refractivity contribution in [2.75, 3.05) is 0 Å². The zero-order chi connectivity index (χ0) is 8.97. The minimum Gasteiger partial charge on any atom is -0.302 e. The van der Waals surface area contributed by atoms with E-state index in [0.717, 1.165) is 11.1 Å². The van der Waals surface area contributed by atoms with Crippen molar-refractivity contribution in [1.82, 2.24) is 0 Å². The quantitative estimate of drug-likeness (QED) is 0.617. The summed E-state index contributed by atoms with van der Waals surface area (Å²) in [4.78, 5) is 10.4. The van der Waals surface area contributed by atoms with Gasteiger partial charge in [-0.1, -0.05) is 29.8 Å². The number of hydrogen-bond donors (Lipinski definition) is 0. The van der Waals surface area contributed by atoms with E-state index in [0.29, 0.717) is 6.29 Å². The van der Waals surface area contributed by atoms with E-state index < -0.39 is 5.92 Å².